The molecule has 16 heavy (non-hydrogen) atoms. The van der Waals surface area contributed by atoms with Crippen molar-refractivity contribution in [1.29, 1.82) is 0 Å². The van der Waals surface area contributed by atoms with Gasteiger partial charge in [0.1, 0.15) is 0 Å². The van der Waals surface area contributed by atoms with Gasteiger partial charge in [0.2, 0.25) is 0 Å². The fourth-order valence-electron chi connectivity index (χ4n) is 2.09. The molecule has 0 aromatic carbocycles. The van der Waals surface area contributed by atoms with Gasteiger partial charge in [-0.15, -0.1) is 0 Å². The van der Waals surface area contributed by atoms with Crippen molar-refractivity contribution in [3.63, 3.8) is 0 Å². The van der Waals surface area contributed by atoms with Gasteiger partial charge < -0.3 is 10.1 Å². The van der Waals surface area contributed by atoms with Crippen LogP contribution in [0.2, 0.25) is 0 Å². The molecule has 1 fully saturated rings. The van der Waals surface area contributed by atoms with Gasteiger partial charge in [-0.2, -0.15) is 0 Å². The van der Waals surface area contributed by atoms with Gasteiger partial charge in [0.05, 0.1) is 6.61 Å². The fourth-order valence-corrected chi connectivity index (χ4v) is 2.09. The van der Waals surface area contributed by atoms with E-state index in [0.717, 1.165) is 32.8 Å². The van der Waals surface area contributed by atoms with Crippen LogP contribution in [0.25, 0.3) is 0 Å². The third-order valence-electron chi connectivity index (χ3n) is 2.97. The highest BCUT2D eigenvalue weighted by Gasteiger charge is 2.21. The average molecular weight is 221 g/mol. The van der Waals surface area contributed by atoms with Crippen LogP contribution in [0.15, 0.2) is 24.5 Å². The molecule has 88 valence electrons. The number of ether oxygens (including phenoxy) is 1. The fraction of sp³-hybridized carbons (Fsp3) is 0.583. The minimum Gasteiger partial charge on any atom is -0.383 e. The van der Waals surface area contributed by atoms with Crippen molar-refractivity contribution in [2.24, 2.45) is 0 Å². The average Bonchev–Trinajstić information content (AvgIpc) is 2.33. The summed E-state index contributed by atoms with van der Waals surface area (Å²) in [5, 5.41) is 3.40. The molecule has 0 amide bonds. The lowest BCUT2D eigenvalue weighted by atomic mass is 10.1. The minimum absolute atomic E-state index is 0.479. The van der Waals surface area contributed by atoms with Crippen molar-refractivity contribution in [2.45, 2.75) is 12.6 Å². The van der Waals surface area contributed by atoms with E-state index in [4.69, 9.17) is 4.74 Å². The van der Waals surface area contributed by atoms with Crippen LogP contribution in [-0.2, 0) is 11.3 Å². The van der Waals surface area contributed by atoms with Crippen molar-refractivity contribution in [2.75, 3.05) is 33.4 Å². The Morgan fingerprint density at radius 3 is 3.06 bits per heavy atom. The minimum atomic E-state index is 0.479. The summed E-state index contributed by atoms with van der Waals surface area (Å²) in [6.07, 6.45) is 3.70. The smallest absolute Gasteiger partial charge is 0.0630 e. The number of rotatable bonds is 4. The number of nitrogens with one attached hydrogen (secondary N) is 1. The maximum Gasteiger partial charge on any atom is 0.0630 e. The SMILES string of the molecule is COCC1CNCCN1Cc1ccncc1. The molecule has 0 spiro atoms. The number of pyridine rings is 1. The first-order chi connectivity index (χ1) is 7.90. The molecule has 4 nitrogen and oxygen atoms in total. The van der Waals surface area contributed by atoms with Gasteiger partial charge in [-0.3, -0.25) is 9.88 Å². The van der Waals surface area contributed by atoms with Crippen LogP contribution in [0.4, 0.5) is 0 Å². The lowest BCUT2D eigenvalue weighted by Crippen LogP contribution is -2.52. The van der Waals surface area contributed by atoms with Crippen LogP contribution in [0, 0.1) is 0 Å². The zero-order valence-electron chi connectivity index (χ0n) is 9.72. The predicted octanol–water partition coefficient (Wildman–Crippen LogP) is 0.502. The number of nitrogens with zero attached hydrogens (tertiary/aromatic N) is 2. The summed E-state index contributed by atoms with van der Waals surface area (Å²) < 4.78 is 5.26. The number of hydrogen-bond acceptors (Lipinski definition) is 4. The molecule has 4 heteroatoms. The molecule has 0 saturated carbocycles. The summed E-state index contributed by atoms with van der Waals surface area (Å²) in [7, 11) is 1.76. The van der Waals surface area contributed by atoms with E-state index in [1.54, 1.807) is 7.11 Å². The third kappa shape index (κ3) is 3.01. The summed E-state index contributed by atoms with van der Waals surface area (Å²) in [4.78, 5) is 6.51. The lowest BCUT2D eigenvalue weighted by molar-refractivity contribution is 0.0687. The van der Waals surface area contributed by atoms with Crippen molar-refractivity contribution < 1.29 is 4.74 Å². The lowest BCUT2D eigenvalue weighted by Gasteiger charge is -2.35. The van der Waals surface area contributed by atoms with E-state index >= 15 is 0 Å². The molecule has 1 aliphatic rings. The van der Waals surface area contributed by atoms with Gasteiger partial charge in [-0.1, -0.05) is 0 Å². The second kappa shape index (κ2) is 5.94. The largest absolute Gasteiger partial charge is 0.383 e. The Morgan fingerprint density at radius 1 is 1.50 bits per heavy atom. The van der Waals surface area contributed by atoms with E-state index in [0.29, 0.717) is 6.04 Å². The van der Waals surface area contributed by atoms with E-state index < -0.39 is 0 Å². The monoisotopic (exact) mass is 221 g/mol. The van der Waals surface area contributed by atoms with Crippen molar-refractivity contribution in [3.8, 4) is 0 Å². The Bertz CT molecular complexity index is 302. The number of hydrogen-bond donors (Lipinski definition) is 1. The standard InChI is InChI=1S/C12H19N3O/c1-16-10-12-8-14-6-7-15(12)9-11-2-4-13-5-3-11/h2-5,12,14H,6-10H2,1H3. The Kier molecular flexibility index (Phi) is 4.27. The maximum atomic E-state index is 5.26. The Balaban J connectivity index is 1.96. The summed E-state index contributed by atoms with van der Waals surface area (Å²) in [6.45, 7) is 4.93. The molecule has 1 N–H and O–H groups in total. The van der Waals surface area contributed by atoms with Gasteiger partial charge in [-0.25, -0.2) is 0 Å². The first kappa shape index (κ1) is 11.5. The molecule has 0 aliphatic carbocycles. The second-order valence-electron chi connectivity index (χ2n) is 4.14. The maximum absolute atomic E-state index is 5.26. The van der Waals surface area contributed by atoms with Gasteiger partial charge in [0.15, 0.2) is 0 Å². The Labute approximate surface area is 96.6 Å². The Hall–Kier alpha value is -0.970. The molecule has 1 saturated heterocycles. The molecule has 1 atom stereocenters. The highest BCUT2D eigenvalue weighted by atomic mass is 16.5. The number of piperazine rings is 1. The molecule has 1 aromatic rings. The number of methoxy groups -OCH3 is 1. The van der Waals surface area contributed by atoms with Crippen molar-refractivity contribution in [3.05, 3.63) is 30.1 Å². The zero-order chi connectivity index (χ0) is 11.2. The number of aromatic nitrogens is 1. The molecule has 0 bridgehead atoms. The van der Waals surface area contributed by atoms with Gasteiger partial charge in [0.25, 0.3) is 0 Å². The van der Waals surface area contributed by atoms with Crippen LogP contribution in [0.3, 0.4) is 0 Å². The second-order valence-corrected chi connectivity index (χ2v) is 4.14. The van der Waals surface area contributed by atoms with Crippen LogP contribution < -0.4 is 5.32 Å². The van der Waals surface area contributed by atoms with Gasteiger partial charge in [0, 0.05) is 51.7 Å². The van der Waals surface area contributed by atoms with Gasteiger partial charge >= 0.3 is 0 Å². The molecular weight excluding hydrogens is 202 g/mol. The molecule has 2 rings (SSSR count). The van der Waals surface area contributed by atoms with Crippen molar-refractivity contribution in [1.82, 2.24) is 15.2 Å². The van der Waals surface area contributed by atoms with E-state index in [1.165, 1.54) is 5.56 Å². The topological polar surface area (TPSA) is 37.4 Å². The Morgan fingerprint density at radius 2 is 2.31 bits per heavy atom. The molecule has 1 aromatic heterocycles. The first-order valence-corrected chi connectivity index (χ1v) is 5.73. The third-order valence-corrected chi connectivity index (χ3v) is 2.97. The zero-order valence-corrected chi connectivity index (χ0v) is 9.72. The predicted molar refractivity (Wildman–Crippen MR) is 63.2 cm³/mol. The van der Waals surface area contributed by atoms with Crippen molar-refractivity contribution >= 4 is 0 Å². The summed E-state index contributed by atoms with van der Waals surface area (Å²) in [5.41, 5.74) is 1.32. The quantitative estimate of drug-likeness (QED) is 0.803. The van der Waals surface area contributed by atoms with Crippen LogP contribution >= 0.6 is 0 Å². The van der Waals surface area contributed by atoms with E-state index in [1.807, 2.05) is 12.4 Å². The summed E-state index contributed by atoms with van der Waals surface area (Å²) in [6, 6.07) is 4.63. The van der Waals surface area contributed by atoms with Crippen LogP contribution in [0.5, 0.6) is 0 Å². The normalized spacial score (nSPS) is 22.2. The highest BCUT2D eigenvalue weighted by Crippen LogP contribution is 2.09. The van der Waals surface area contributed by atoms with E-state index in [9.17, 15) is 0 Å². The molecule has 1 aliphatic heterocycles. The van der Waals surface area contributed by atoms with Crippen LogP contribution in [-0.4, -0.2) is 49.3 Å². The highest BCUT2D eigenvalue weighted by molar-refractivity contribution is 5.09. The van der Waals surface area contributed by atoms with Gasteiger partial charge in [-0.05, 0) is 17.7 Å². The summed E-state index contributed by atoms with van der Waals surface area (Å²) in [5.74, 6) is 0. The van der Waals surface area contributed by atoms with E-state index in [-0.39, 0.29) is 0 Å². The molecule has 0 radical (unpaired) electrons. The summed E-state index contributed by atoms with van der Waals surface area (Å²) >= 11 is 0. The van der Waals surface area contributed by atoms with E-state index in [2.05, 4.69) is 27.3 Å². The molecule has 1 unspecified atom stereocenters. The van der Waals surface area contributed by atoms with Crippen LogP contribution in [0.1, 0.15) is 5.56 Å². The molecule has 2 heterocycles. The molecular formula is C12H19N3O. The first-order valence-electron chi connectivity index (χ1n) is 5.73.